The quantitative estimate of drug-likeness (QED) is 0.687. The summed E-state index contributed by atoms with van der Waals surface area (Å²) in [5, 5.41) is 13.9. The molecule has 1 N–H and O–H groups in total. The van der Waals surface area contributed by atoms with Crippen LogP contribution >= 0.6 is 11.6 Å². The highest BCUT2D eigenvalue weighted by Crippen LogP contribution is 2.34. The van der Waals surface area contributed by atoms with Crippen molar-refractivity contribution >= 4 is 28.9 Å². The van der Waals surface area contributed by atoms with E-state index in [0.717, 1.165) is 12.8 Å². The van der Waals surface area contributed by atoms with E-state index >= 15 is 0 Å². The van der Waals surface area contributed by atoms with Crippen LogP contribution in [0, 0.1) is 10.1 Å². The zero-order valence-corrected chi connectivity index (χ0v) is 12.1. The average molecular weight is 298 g/mol. The van der Waals surface area contributed by atoms with E-state index < -0.39 is 4.92 Å². The van der Waals surface area contributed by atoms with E-state index in [0.29, 0.717) is 6.54 Å². The van der Waals surface area contributed by atoms with Gasteiger partial charge in [0.2, 0.25) is 0 Å². The first-order chi connectivity index (χ1) is 9.45. The molecule has 0 aromatic heterocycles. The van der Waals surface area contributed by atoms with Crippen LogP contribution in [0.15, 0.2) is 12.1 Å². The number of nitrogens with zero attached hydrogens (tertiary/aromatic N) is 2. The normalized spacial score (nSPS) is 18.1. The predicted octanol–water partition coefficient (Wildman–Crippen LogP) is 2.91. The third kappa shape index (κ3) is 2.56. The number of hydrogen-bond donors (Lipinski definition) is 1. The van der Waals surface area contributed by atoms with E-state index in [-0.39, 0.29) is 33.9 Å². The maximum Gasteiger partial charge on any atom is 0.294 e. The first-order valence-electron chi connectivity index (χ1n) is 6.42. The Morgan fingerprint density at radius 1 is 1.55 bits per heavy atom. The fraction of sp³-hybridized carbons (Fsp3) is 0.462. The molecule has 0 bridgehead atoms. The van der Waals surface area contributed by atoms with Gasteiger partial charge in [0, 0.05) is 31.3 Å². The van der Waals surface area contributed by atoms with Gasteiger partial charge >= 0.3 is 0 Å². The van der Waals surface area contributed by atoms with Crippen LogP contribution in [0.1, 0.15) is 30.1 Å². The molecule has 1 saturated heterocycles. The van der Waals surface area contributed by atoms with Crippen molar-refractivity contribution in [2.24, 2.45) is 0 Å². The highest BCUT2D eigenvalue weighted by Gasteiger charge is 2.28. The van der Waals surface area contributed by atoms with Crippen LogP contribution < -0.4 is 5.32 Å². The Bertz CT molecular complexity index is 562. The SMILES string of the molecule is CNc1c(Cl)cc(C(=O)N2CCCC2C)cc1[N+](=O)[O-]. The maximum absolute atomic E-state index is 12.4. The van der Waals surface area contributed by atoms with Crippen LogP contribution in [0.3, 0.4) is 0 Å². The number of halogens is 1. The second-order valence-corrected chi connectivity index (χ2v) is 5.26. The Balaban J connectivity index is 2.42. The fourth-order valence-corrected chi connectivity index (χ4v) is 2.82. The van der Waals surface area contributed by atoms with E-state index in [9.17, 15) is 14.9 Å². The second-order valence-electron chi connectivity index (χ2n) is 4.85. The zero-order valence-electron chi connectivity index (χ0n) is 11.4. The van der Waals surface area contributed by atoms with E-state index in [1.54, 1.807) is 11.9 Å². The van der Waals surface area contributed by atoms with Crippen LogP contribution in [0.4, 0.5) is 11.4 Å². The van der Waals surface area contributed by atoms with Crippen molar-refractivity contribution in [1.82, 2.24) is 4.90 Å². The monoisotopic (exact) mass is 297 g/mol. The van der Waals surface area contributed by atoms with Gasteiger partial charge in [-0.2, -0.15) is 0 Å². The molecule has 1 heterocycles. The summed E-state index contributed by atoms with van der Waals surface area (Å²) in [7, 11) is 1.55. The van der Waals surface area contributed by atoms with Crippen molar-refractivity contribution in [2.45, 2.75) is 25.8 Å². The third-order valence-electron chi connectivity index (χ3n) is 3.58. The van der Waals surface area contributed by atoms with Gasteiger partial charge in [-0.3, -0.25) is 14.9 Å². The van der Waals surface area contributed by atoms with E-state index in [1.807, 2.05) is 6.92 Å². The Hall–Kier alpha value is -1.82. The number of anilines is 1. The molecular formula is C13H16ClN3O3. The minimum absolute atomic E-state index is 0.157. The van der Waals surface area contributed by atoms with Crippen LogP contribution in [-0.2, 0) is 0 Å². The molecule has 6 nitrogen and oxygen atoms in total. The molecular weight excluding hydrogens is 282 g/mol. The molecule has 1 aliphatic rings. The maximum atomic E-state index is 12.4. The summed E-state index contributed by atoms with van der Waals surface area (Å²) in [6, 6.07) is 2.92. The Kier molecular flexibility index (Phi) is 4.13. The minimum Gasteiger partial charge on any atom is -0.381 e. The number of hydrogen-bond acceptors (Lipinski definition) is 4. The number of amides is 1. The number of nitrogens with one attached hydrogen (secondary N) is 1. The lowest BCUT2D eigenvalue weighted by Crippen LogP contribution is -2.33. The molecule has 7 heteroatoms. The summed E-state index contributed by atoms with van der Waals surface area (Å²) in [6.07, 6.45) is 1.91. The van der Waals surface area contributed by atoms with Crippen LogP contribution in [0.25, 0.3) is 0 Å². The van der Waals surface area contributed by atoms with Gasteiger partial charge in [-0.05, 0) is 25.8 Å². The number of nitro groups is 1. The largest absolute Gasteiger partial charge is 0.381 e. The molecule has 20 heavy (non-hydrogen) atoms. The van der Waals surface area contributed by atoms with Crippen molar-refractivity contribution in [3.8, 4) is 0 Å². The molecule has 0 saturated carbocycles. The first-order valence-corrected chi connectivity index (χ1v) is 6.80. The van der Waals surface area contributed by atoms with Gasteiger partial charge in [0.15, 0.2) is 0 Å². The van der Waals surface area contributed by atoms with Crippen LogP contribution in [-0.4, -0.2) is 35.4 Å². The highest BCUT2D eigenvalue weighted by atomic mass is 35.5. The van der Waals surface area contributed by atoms with Crippen LogP contribution in [0.5, 0.6) is 0 Å². The topological polar surface area (TPSA) is 75.5 Å². The highest BCUT2D eigenvalue weighted by molar-refractivity contribution is 6.34. The van der Waals surface area contributed by atoms with Gasteiger partial charge in [-0.1, -0.05) is 11.6 Å². The van der Waals surface area contributed by atoms with Crippen molar-refractivity contribution in [3.05, 3.63) is 32.8 Å². The Morgan fingerprint density at radius 3 is 2.75 bits per heavy atom. The smallest absolute Gasteiger partial charge is 0.294 e. The number of likely N-dealkylation sites (tertiary alicyclic amines) is 1. The summed E-state index contributed by atoms with van der Waals surface area (Å²) in [4.78, 5) is 24.7. The second kappa shape index (κ2) is 5.66. The molecule has 1 aliphatic heterocycles. The van der Waals surface area contributed by atoms with Gasteiger partial charge in [0.25, 0.3) is 11.6 Å². The van der Waals surface area contributed by atoms with Gasteiger partial charge in [-0.15, -0.1) is 0 Å². The molecule has 1 atom stereocenters. The number of benzene rings is 1. The van der Waals surface area contributed by atoms with Crippen molar-refractivity contribution < 1.29 is 9.72 Å². The minimum atomic E-state index is -0.540. The average Bonchev–Trinajstić information content (AvgIpc) is 2.83. The van der Waals surface area contributed by atoms with Gasteiger partial charge in [-0.25, -0.2) is 0 Å². The summed E-state index contributed by atoms with van der Waals surface area (Å²) >= 11 is 6.03. The van der Waals surface area contributed by atoms with E-state index in [4.69, 9.17) is 11.6 Å². The van der Waals surface area contributed by atoms with E-state index in [2.05, 4.69) is 5.32 Å². The van der Waals surface area contributed by atoms with Crippen molar-refractivity contribution in [2.75, 3.05) is 18.9 Å². The molecule has 1 fully saturated rings. The lowest BCUT2D eigenvalue weighted by Gasteiger charge is -2.21. The molecule has 2 rings (SSSR count). The van der Waals surface area contributed by atoms with Gasteiger partial charge in [0.05, 0.1) is 9.95 Å². The molecule has 0 radical (unpaired) electrons. The lowest BCUT2D eigenvalue weighted by molar-refractivity contribution is -0.384. The standard InChI is InChI=1S/C13H16ClN3O3/c1-8-4-3-5-16(8)13(18)9-6-10(14)12(15-2)11(7-9)17(19)20/h6-8,15H,3-5H2,1-2H3. The summed E-state index contributed by atoms with van der Waals surface area (Å²) in [5.74, 6) is -0.206. The Labute approximate surface area is 121 Å². The Morgan fingerprint density at radius 2 is 2.25 bits per heavy atom. The summed E-state index contributed by atoms with van der Waals surface area (Å²) in [6.45, 7) is 2.65. The third-order valence-corrected chi connectivity index (χ3v) is 3.87. The zero-order chi connectivity index (χ0) is 14.9. The molecule has 0 aliphatic carbocycles. The van der Waals surface area contributed by atoms with E-state index in [1.165, 1.54) is 12.1 Å². The molecule has 1 aromatic rings. The molecule has 108 valence electrons. The van der Waals surface area contributed by atoms with Crippen molar-refractivity contribution in [1.29, 1.82) is 0 Å². The molecule has 1 unspecified atom stereocenters. The fourth-order valence-electron chi connectivity index (χ4n) is 2.51. The lowest BCUT2D eigenvalue weighted by atomic mass is 10.1. The number of carbonyl (C=O) groups is 1. The number of nitro benzene ring substituents is 1. The number of rotatable bonds is 3. The molecule has 1 amide bonds. The molecule has 1 aromatic carbocycles. The molecule has 0 spiro atoms. The van der Waals surface area contributed by atoms with Crippen LogP contribution in [0.2, 0.25) is 5.02 Å². The number of carbonyl (C=O) groups excluding carboxylic acids is 1. The predicted molar refractivity (Wildman–Crippen MR) is 77.4 cm³/mol. The van der Waals surface area contributed by atoms with Crippen molar-refractivity contribution in [3.63, 3.8) is 0 Å². The summed E-state index contributed by atoms with van der Waals surface area (Å²) < 4.78 is 0. The summed E-state index contributed by atoms with van der Waals surface area (Å²) in [5.41, 5.74) is 0.298. The first kappa shape index (κ1) is 14.6. The van der Waals surface area contributed by atoms with Gasteiger partial charge < -0.3 is 10.2 Å². The van der Waals surface area contributed by atoms with Gasteiger partial charge in [0.1, 0.15) is 5.69 Å².